The number of hydrogen-bond acceptors (Lipinski definition) is 4. The van der Waals surface area contributed by atoms with E-state index in [1.165, 1.54) is 13.2 Å². The molecule has 1 amide bonds. The fraction of sp³-hybridized carbons (Fsp3) is 0.333. The Morgan fingerprint density at radius 2 is 1.76 bits per heavy atom. The Morgan fingerprint density at radius 3 is 2.19 bits per heavy atom. The summed E-state index contributed by atoms with van der Waals surface area (Å²) in [6.45, 7) is 5.08. The van der Waals surface area contributed by atoms with Gasteiger partial charge in [-0.2, -0.15) is 0 Å². The van der Waals surface area contributed by atoms with Gasteiger partial charge in [-0.05, 0) is 44.5 Å². The molecule has 0 aromatic heterocycles. The molecule has 0 aliphatic rings. The van der Waals surface area contributed by atoms with Crippen LogP contribution in [-0.2, 0) is 9.53 Å². The topological polar surface area (TPSA) is 84.9 Å². The molecule has 21 heavy (non-hydrogen) atoms. The lowest BCUT2D eigenvalue weighted by molar-refractivity contribution is -0.133. The second-order valence-electron chi connectivity index (χ2n) is 5.26. The number of nitrogens with one attached hydrogen (secondary N) is 1. The van der Waals surface area contributed by atoms with Gasteiger partial charge in [0.05, 0.1) is 7.11 Å². The second-order valence-corrected chi connectivity index (χ2v) is 5.26. The Kier molecular flexibility index (Phi) is 5.35. The van der Waals surface area contributed by atoms with Gasteiger partial charge in [-0.15, -0.1) is 0 Å². The van der Waals surface area contributed by atoms with Crippen LogP contribution in [0.5, 0.6) is 5.75 Å². The zero-order valence-corrected chi connectivity index (χ0v) is 12.5. The van der Waals surface area contributed by atoms with E-state index in [2.05, 4.69) is 5.32 Å². The third-order valence-electron chi connectivity index (χ3n) is 2.29. The van der Waals surface area contributed by atoms with Gasteiger partial charge in [0.2, 0.25) is 0 Å². The summed E-state index contributed by atoms with van der Waals surface area (Å²) >= 11 is 0. The van der Waals surface area contributed by atoms with Crippen molar-refractivity contribution in [1.29, 1.82) is 0 Å². The van der Waals surface area contributed by atoms with Gasteiger partial charge in [-0.3, -0.25) is 5.32 Å². The molecule has 6 nitrogen and oxygen atoms in total. The number of alkyl carbamates (subject to hydrolysis) is 1. The summed E-state index contributed by atoms with van der Waals surface area (Å²) < 4.78 is 10.0. The van der Waals surface area contributed by atoms with Crippen molar-refractivity contribution in [2.45, 2.75) is 26.4 Å². The Morgan fingerprint density at radius 1 is 1.19 bits per heavy atom. The third kappa shape index (κ3) is 5.99. The van der Waals surface area contributed by atoms with E-state index in [0.29, 0.717) is 11.3 Å². The van der Waals surface area contributed by atoms with E-state index in [9.17, 15) is 9.59 Å². The van der Waals surface area contributed by atoms with E-state index in [1.807, 2.05) is 0 Å². The number of hydrogen-bond donors (Lipinski definition) is 2. The lowest BCUT2D eigenvalue weighted by Gasteiger charge is -2.19. The van der Waals surface area contributed by atoms with Crippen molar-refractivity contribution in [2.75, 3.05) is 7.11 Å². The molecule has 0 heterocycles. The van der Waals surface area contributed by atoms with Gasteiger partial charge in [0.1, 0.15) is 17.0 Å². The van der Waals surface area contributed by atoms with Crippen LogP contribution < -0.4 is 10.1 Å². The summed E-state index contributed by atoms with van der Waals surface area (Å²) in [5.41, 5.74) is -0.355. The number of rotatable bonds is 4. The van der Waals surface area contributed by atoms with Gasteiger partial charge in [-0.1, -0.05) is 12.1 Å². The first-order valence-electron chi connectivity index (χ1n) is 6.30. The van der Waals surface area contributed by atoms with Gasteiger partial charge in [-0.25, -0.2) is 9.59 Å². The Balaban J connectivity index is 2.88. The standard InChI is InChI=1S/C15H19NO5/c1-15(2,3)21-14(19)16-12(13(17)18)9-10-5-7-11(20-4)8-6-10/h5-9H,1-4H3,(H,16,19)(H,17,18)/b12-9+. The van der Waals surface area contributed by atoms with Crippen LogP contribution in [0.3, 0.4) is 0 Å². The number of carboxylic acid groups (broad SMARTS) is 1. The quantitative estimate of drug-likeness (QED) is 0.834. The van der Waals surface area contributed by atoms with Crippen LogP contribution >= 0.6 is 0 Å². The molecule has 0 unspecified atom stereocenters. The zero-order valence-electron chi connectivity index (χ0n) is 12.5. The minimum absolute atomic E-state index is 0.269. The lowest BCUT2D eigenvalue weighted by atomic mass is 10.2. The van der Waals surface area contributed by atoms with E-state index in [1.54, 1.807) is 45.0 Å². The van der Waals surface area contributed by atoms with Crippen LogP contribution in [0.1, 0.15) is 26.3 Å². The van der Waals surface area contributed by atoms with Crippen molar-refractivity contribution in [1.82, 2.24) is 5.32 Å². The summed E-state index contributed by atoms with van der Waals surface area (Å²) in [7, 11) is 1.54. The number of carbonyl (C=O) groups is 2. The second kappa shape index (κ2) is 6.78. The highest BCUT2D eigenvalue weighted by atomic mass is 16.6. The number of aliphatic carboxylic acids is 1. The largest absolute Gasteiger partial charge is 0.497 e. The molecular weight excluding hydrogens is 274 g/mol. The molecule has 6 heteroatoms. The van der Waals surface area contributed by atoms with E-state index in [0.717, 1.165) is 0 Å². The average molecular weight is 293 g/mol. The first-order valence-corrected chi connectivity index (χ1v) is 6.30. The molecule has 2 N–H and O–H groups in total. The zero-order chi connectivity index (χ0) is 16.0. The molecule has 0 atom stereocenters. The first kappa shape index (κ1) is 16.6. The van der Waals surface area contributed by atoms with Gasteiger partial charge in [0.25, 0.3) is 0 Å². The fourth-order valence-electron chi connectivity index (χ4n) is 1.43. The SMILES string of the molecule is COc1ccc(/C=C(/NC(=O)OC(C)(C)C)C(=O)O)cc1. The number of benzene rings is 1. The Labute approximate surface area is 123 Å². The normalized spacial score (nSPS) is 11.7. The molecule has 1 aromatic rings. The molecule has 1 rings (SSSR count). The van der Waals surface area contributed by atoms with Crippen LogP contribution in [0.25, 0.3) is 6.08 Å². The Bertz CT molecular complexity index is 540. The van der Waals surface area contributed by atoms with Gasteiger partial charge in [0.15, 0.2) is 0 Å². The van der Waals surface area contributed by atoms with Crippen molar-refractivity contribution in [3.8, 4) is 5.75 Å². The molecule has 0 aliphatic carbocycles. The van der Waals surface area contributed by atoms with E-state index in [4.69, 9.17) is 14.6 Å². The van der Waals surface area contributed by atoms with E-state index in [-0.39, 0.29) is 5.70 Å². The summed E-state index contributed by atoms with van der Waals surface area (Å²) in [6, 6.07) is 6.74. The van der Waals surface area contributed by atoms with Gasteiger partial charge in [0, 0.05) is 0 Å². The molecule has 0 spiro atoms. The molecule has 0 aliphatic heterocycles. The highest BCUT2D eigenvalue weighted by Gasteiger charge is 2.19. The molecular formula is C15H19NO5. The van der Waals surface area contributed by atoms with Crippen LogP contribution in [-0.4, -0.2) is 29.9 Å². The maximum Gasteiger partial charge on any atom is 0.412 e. The lowest BCUT2D eigenvalue weighted by Crippen LogP contribution is -2.34. The number of carboxylic acids is 1. The molecule has 0 bridgehead atoms. The first-order chi connectivity index (χ1) is 9.71. The van der Waals surface area contributed by atoms with E-state index >= 15 is 0 Å². The molecule has 0 fully saturated rings. The van der Waals surface area contributed by atoms with Crippen molar-refractivity contribution in [3.05, 3.63) is 35.5 Å². The minimum Gasteiger partial charge on any atom is -0.497 e. The van der Waals surface area contributed by atoms with Gasteiger partial charge < -0.3 is 14.6 Å². The highest BCUT2D eigenvalue weighted by molar-refractivity contribution is 5.95. The number of amides is 1. The summed E-state index contributed by atoms with van der Waals surface area (Å²) in [4.78, 5) is 22.8. The Hall–Kier alpha value is -2.50. The summed E-state index contributed by atoms with van der Waals surface area (Å²) in [6.07, 6.45) is 0.524. The average Bonchev–Trinajstić information content (AvgIpc) is 2.36. The molecule has 114 valence electrons. The van der Waals surface area contributed by atoms with Crippen molar-refractivity contribution < 1.29 is 24.2 Å². The maximum atomic E-state index is 11.6. The predicted molar refractivity (Wildman–Crippen MR) is 78.0 cm³/mol. The number of carbonyl (C=O) groups excluding carboxylic acids is 1. The van der Waals surface area contributed by atoms with Crippen molar-refractivity contribution in [3.63, 3.8) is 0 Å². The third-order valence-corrected chi connectivity index (χ3v) is 2.29. The maximum absolute atomic E-state index is 11.6. The van der Waals surface area contributed by atoms with Crippen LogP contribution in [0.4, 0.5) is 4.79 Å². The monoisotopic (exact) mass is 293 g/mol. The highest BCUT2D eigenvalue weighted by Crippen LogP contribution is 2.14. The fourth-order valence-corrected chi connectivity index (χ4v) is 1.43. The molecule has 1 aromatic carbocycles. The van der Waals surface area contributed by atoms with Crippen molar-refractivity contribution in [2.24, 2.45) is 0 Å². The molecule has 0 saturated heterocycles. The van der Waals surface area contributed by atoms with E-state index < -0.39 is 17.7 Å². The van der Waals surface area contributed by atoms with Crippen LogP contribution in [0.15, 0.2) is 30.0 Å². The van der Waals surface area contributed by atoms with Crippen LogP contribution in [0, 0.1) is 0 Å². The minimum atomic E-state index is -1.25. The number of ether oxygens (including phenoxy) is 2. The summed E-state index contributed by atoms with van der Waals surface area (Å²) in [5.74, 6) is -0.596. The summed E-state index contributed by atoms with van der Waals surface area (Å²) in [5, 5.41) is 11.3. The molecule has 0 saturated carbocycles. The predicted octanol–water partition coefficient (Wildman–Crippen LogP) is 2.65. The number of methoxy groups -OCH3 is 1. The van der Waals surface area contributed by atoms with Crippen LogP contribution in [0.2, 0.25) is 0 Å². The molecule has 0 radical (unpaired) electrons. The van der Waals surface area contributed by atoms with Crippen molar-refractivity contribution >= 4 is 18.1 Å². The smallest absolute Gasteiger partial charge is 0.412 e. The van der Waals surface area contributed by atoms with Gasteiger partial charge >= 0.3 is 12.1 Å².